The Bertz CT molecular complexity index is 692. The number of ether oxygens (including phenoxy) is 1. The highest BCUT2D eigenvalue weighted by atomic mass is 35.5. The highest BCUT2D eigenvalue weighted by Crippen LogP contribution is 2.33. The van der Waals surface area contributed by atoms with Crippen LogP contribution in [-0.2, 0) is 4.74 Å². The average molecular weight is 358 g/mol. The number of esters is 1. The van der Waals surface area contributed by atoms with E-state index in [0.29, 0.717) is 26.3 Å². The van der Waals surface area contributed by atoms with Gasteiger partial charge in [0.15, 0.2) is 0 Å². The van der Waals surface area contributed by atoms with Crippen molar-refractivity contribution in [1.82, 2.24) is 0 Å². The van der Waals surface area contributed by atoms with Gasteiger partial charge < -0.3 is 4.74 Å². The van der Waals surface area contributed by atoms with Crippen molar-refractivity contribution in [3.63, 3.8) is 0 Å². The van der Waals surface area contributed by atoms with Gasteiger partial charge in [0.25, 0.3) is 0 Å². The monoisotopic (exact) mass is 356 g/mol. The zero-order valence-electron chi connectivity index (χ0n) is 11.4. The van der Waals surface area contributed by atoms with E-state index in [1.807, 2.05) is 0 Å². The van der Waals surface area contributed by atoms with Gasteiger partial charge in [-0.1, -0.05) is 46.9 Å². The van der Waals surface area contributed by atoms with E-state index in [-0.39, 0.29) is 5.97 Å². The summed E-state index contributed by atoms with van der Waals surface area (Å²) in [5.41, 5.74) is 4.49. The van der Waals surface area contributed by atoms with Gasteiger partial charge in [0.1, 0.15) is 0 Å². The second-order valence-corrected chi connectivity index (χ2v) is 5.48. The predicted octanol–water partition coefficient (Wildman–Crippen LogP) is 4.88. The van der Waals surface area contributed by atoms with Gasteiger partial charge in [0, 0.05) is 5.02 Å². The fourth-order valence-corrected chi connectivity index (χ4v) is 2.54. The van der Waals surface area contributed by atoms with E-state index in [9.17, 15) is 4.79 Å². The molecule has 2 aromatic rings. The summed E-state index contributed by atoms with van der Waals surface area (Å²) in [6, 6.07) is 9.91. The number of nitrogens with zero attached hydrogens (tertiary/aromatic N) is 1. The van der Waals surface area contributed by atoms with E-state index in [2.05, 4.69) is 15.3 Å². The largest absolute Gasteiger partial charge is 0.465 e. The Balaban J connectivity index is 2.08. The predicted molar refractivity (Wildman–Crippen MR) is 90.5 cm³/mol. The molecule has 0 atom stereocenters. The van der Waals surface area contributed by atoms with Crippen LogP contribution in [0.25, 0.3) is 0 Å². The molecule has 0 amide bonds. The highest BCUT2D eigenvalue weighted by Gasteiger charge is 2.06. The topological polar surface area (TPSA) is 50.7 Å². The Morgan fingerprint density at radius 3 is 2.27 bits per heavy atom. The van der Waals surface area contributed by atoms with Crippen molar-refractivity contribution in [2.75, 3.05) is 12.5 Å². The van der Waals surface area contributed by atoms with Crippen molar-refractivity contribution in [3.05, 3.63) is 62.6 Å². The van der Waals surface area contributed by atoms with E-state index in [0.717, 1.165) is 5.56 Å². The maximum atomic E-state index is 11.3. The third-order valence-corrected chi connectivity index (χ3v) is 3.54. The first kappa shape index (κ1) is 16.6. The van der Waals surface area contributed by atoms with Crippen molar-refractivity contribution >= 4 is 52.7 Å². The van der Waals surface area contributed by atoms with Crippen LogP contribution in [0.3, 0.4) is 0 Å². The Hall–Kier alpha value is -1.75. The molecule has 0 heterocycles. The van der Waals surface area contributed by atoms with Crippen molar-refractivity contribution < 1.29 is 9.53 Å². The van der Waals surface area contributed by atoms with Gasteiger partial charge in [-0.2, -0.15) is 5.10 Å². The summed E-state index contributed by atoms with van der Waals surface area (Å²) in [5, 5.41) is 5.24. The number of carbonyl (C=O) groups is 1. The van der Waals surface area contributed by atoms with E-state index in [1.165, 1.54) is 7.11 Å². The Morgan fingerprint density at radius 2 is 1.73 bits per heavy atom. The van der Waals surface area contributed by atoms with Gasteiger partial charge in [-0.15, -0.1) is 0 Å². The van der Waals surface area contributed by atoms with Gasteiger partial charge in [-0.3, -0.25) is 5.43 Å². The molecule has 0 unspecified atom stereocenters. The lowest BCUT2D eigenvalue weighted by Gasteiger charge is -2.06. The van der Waals surface area contributed by atoms with Crippen LogP contribution in [0, 0.1) is 0 Å². The zero-order valence-corrected chi connectivity index (χ0v) is 13.7. The molecular formula is C15H11Cl3N2O2. The first-order valence-electron chi connectivity index (χ1n) is 6.13. The summed E-state index contributed by atoms with van der Waals surface area (Å²) in [6.45, 7) is 0. The van der Waals surface area contributed by atoms with Crippen LogP contribution in [0.5, 0.6) is 0 Å². The average Bonchev–Trinajstić information content (AvgIpc) is 2.49. The smallest absolute Gasteiger partial charge is 0.337 e. The number of hydrazone groups is 1. The zero-order chi connectivity index (χ0) is 16.1. The number of benzene rings is 2. The molecule has 2 rings (SSSR count). The molecule has 4 nitrogen and oxygen atoms in total. The maximum absolute atomic E-state index is 11.3. The minimum Gasteiger partial charge on any atom is -0.465 e. The SMILES string of the molecule is COC(=O)c1ccc(C=NNc2c(Cl)cc(Cl)cc2Cl)cc1. The molecular weight excluding hydrogens is 347 g/mol. The van der Waals surface area contributed by atoms with Gasteiger partial charge in [-0.25, -0.2) is 4.79 Å². The molecule has 22 heavy (non-hydrogen) atoms. The highest BCUT2D eigenvalue weighted by molar-refractivity contribution is 6.41. The van der Waals surface area contributed by atoms with Gasteiger partial charge in [0.2, 0.25) is 0 Å². The first-order chi connectivity index (χ1) is 10.5. The molecule has 0 radical (unpaired) electrons. The molecule has 0 bridgehead atoms. The number of nitrogens with one attached hydrogen (secondary N) is 1. The third kappa shape index (κ3) is 4.13. The van der Waals surface area contributed by atoms with Gasteiger partial charge in [0.05, 0.1) is 34.6 Å². The van der Waals surface area contributed by atoms with Gasteiger partial charge in [-0.05, 0) is 29.8 Å². The van der Waals surface area contributed by atoms with Crippen molar-refractivity contribution in [1.29, 1.82) is 0 Å². The van der Waals surface area contributed by atoms with E-state index in [1.54, 1.807) is 42.6 Å². The molecule has 0 aliphatic carbocycles. The summed E-state index contributed by atoms with van der Waals surface area (Å²) in [5.74, 6) is -0.388. The number of hydrogen-bond donors (Lipinski definition) is 1. The molecule has 1 N–H and O–H groups in total. The second kappa shape index (κ2) is 7.49. The van der Waals surface area contributed by atoms with Gasteiger partial charge >= 0.3 is 5.97 Å². The fourth-order valence-electron chi connectivity index (χ4n) is 1.64. The Morgan fingerprint density at radius 1 is 1.14 bits per heavy atom. The molecule has 114 valence electrons. The number of carbonyl (C=O) groups excluding carboxylic acids is 1. The summed E-state index contributed by atoms with van der Waals surface area (Å²) >= 11 is 17.9. The summed E-state index contributed by atoms with van der Waals surface area (Å²) < 4.78 is 4.63. The van der Waals surface area contributed by atoms with Crippen LogP contribution >= 0.6 is 34.8 Å². The van der Waals surface area contributed by atoms with Crippen LogP contribution in [0.1, 0.15) is 15.9 Å². The first-order valence-corrected chi connectivity index (χ1v) is 7.26. The second-order valence-electron chi connectivity index (χ2n) is 4.23. The minimum atomic E-state index is -0.388. The minimum absolute atomic E-state index is 0.371. The summed E-state index contributed by atoms with van der Waals surface area (Å²) in [4.78, 5) is 11.3. The van der Waals surface area contributed by atoms with Crippen molar-refractivity contribution in [2.45, 2.75) is 0 Å². The van der Waals surface area contributed by atoms with Crippen molar-refractivity contribution in [3.8, 4) is 0 Å². The lowest BCUT2D eigenvalue weighted by molar-refractivity contribution is 0.0601. The third-order valence-electron chi connectivity index (χ3n) is 2.73. The molecule has 0 fully saturated rings. The number of rotatable bonds is 4. The number of anilines is 1. The number of methoxy groups -OCH3 is 1. The molecule has 0 aliphatic rings. The molecule has 7 heteroatoms. The van der Waals surface area contributed by atoms with Crippen LogP contribution in [0.2, 0.25) is 15.1 Å². The lowest BCUT2D eigenvalue weighted by atomic mass is 10.1. The molecule has 0 spiro atoms. The van der Waals surface area contributed by atoms with Crippen LogP contribution < -0.4 is 5.43 Å². The fraction of sp³-hybridized carbons (Fsp3) is 0.0667. The van der Waals surface area contributed by atoms with Crippen LogP contribution in [0.15, 0.2) is 41.5 Å². The van der Waals surface area contributed by atoms with Crippen LogP contribution in [-0.4, -0.2) is 19.3 Å². The van der Waals surface area contributed by atoms with E-state index < -0.39 is 0 Å². The maximum Gasteiger partial charge on any atom is 0.337 e. The van der Waals surface area contributed by atoms with E-state index >= 15 is 0 Å². The Labute approximate surface area is 142 Å². The Kier molecular flexibility index (Phi) is 5.66. The van der Waals surface area contributed by atoms with E-state index in [4.69, 9.17) is 34.8 Å². The van der Waals surface area contributed by atoms with Crippen LogP contribution in [0.4, 0.5) is 5.69 Å². The molecule has 0 saturated carbocycles. The lowest BCUT2D eigenvalue weighted by Crippen LogP contribution is -2.00. The quantitative estimate of drug-likeness (QED) is 0.482. The molecule has 2 aromatic carbocycles. The standard InChI is InChI=1S/C15H11Cl3N2O2/c1-22-15(21)10-4-2-9(3-5-10)8-19-20-14-12(17)6-11(16)7-13(14)18/h2-8,20H,1H3. The summed E-state index contributed by atoms with van der Waals surface area (Å²) in [7, 11) is 1.33. The molecule has 0 aromatic heterocycles. The number of hydrogen-bond acceptors (Lipinski definition) is 4. The summed E-state index contributed by atoms with van der Waals surface area (Å²) in [6.07, 6.45) is 1.57. The number of halogens is 3. The molecule has 0 aliphatic heterocycles. The van der Waals surface area contributed by atoms with Crippen molar-refractivity contribution in [2.24, 2.45) is 5.10 Å². The molecule has 0 saturated heterocycles. The normalized spacial score (nSPS) is 10.7.